The van der Waals surface area contributed by atoms with E-state index in [1.807, 2.05) is 13.0 Å². The van der Waals surface area contributed by atoms with E-state index < -0.39 is 11.5 Å². The number of aromatic nitrogens is 2. The highest BCUT2D eigenvalue weighted by Gasteiger charge is 2.33. The number of carbonyl (C=O) groups is 2. The Balaban J connectivity index is 1.53. The first-order chi connectivity index (χ1) is 11.8. The molecule has 0 bridgehead atoms. The predicted octanol–water partition coefficient (Wildman–Crippen LogP) is 1.43. The number of H-pyrrole nitrogens is 1. The van der Waals surface area contributed by atoms with Crippen LogP contribution in [0.4, 0.5) is 0 Å². The first-order valence-corrected chi connectivity index (χ1v) is 8.57. The summed E-state index contributed by atoms with van der Waals surface area (Å²) >= 11 is 3.32. The molecular formula is C16H17BrN4O4. The lowest BCUT2D eigenvalue weighted by Gasteiger charge is -2.36. The van der Waals surface area contributed by atoms with Gasteiger partial charge in [-0.2, -0.15) is 5.16 Å². The van der Waals surface area contributed by atoms with Crippen LogP contribution in [0, 0.1) is 13.8 Å². The molecule has 2 heterocycles. The summed E-state index contributed by atoms with van der Waals surface area (Å²) in [5.41, 5.74) is 0.538. The molecule has 25 heavy (non-hydrogen) atoms. The van der Waals surface area contributed by atoms with E-state index in [1.54, 1.807) is 13.0 Å². The molecule has 1 aliphatic carbocycles. The summed E-state index contributed by atoms with van der Waals surface area (Å²) in [6.07, 6.45) is 1.19. The Morgan fingerprint density at radius 2 is 1.84 bits per heavy atom. The monoisotopic (exact) mass is 408 g/mol. The highest BCUT2D eigenvalue weighted by atomic mass is 79.9. The van der Waals surface area contributed by atoms with Crippen molar-refractivity contribution < 1.29 is 14.1 Å². The first kappa shape index (κ1) is 17.4. The minimum absolute atomic E-state index is 0.0135. The highest BCUT2D eigenvalue weighted by Crippen LogP contribution is 2.22. The van der Waals surface area contributed by atoms with Crippen LogP contribution < -0.4 is 16.2 Å². The summed E-state index contributed by atoms with van der Waals surface area (Å²) in [5, 5.41) is 7.79. The Morgan fingerprint density at radius 1 is 1.20 bits per heavy atom. The molecule has 3 rings (SSSR count). The standard InChI is InChI=1S/C16H17BrN4O4/c1-7-3-4-11(17)13(18-7)16(24)20-10-5-9(6-10)19-14(22)12-8(2)25-21-15(12)23/h3-4,9-10H,5-6H2,1-2H3,(H,19,22)(H,20,24)(H,21,23). The van der Waals surface area contributed by atoms with Crippen LogP contribution in [-0.2, 0) is 0 Å². The quantitative estimate of drug-likeness (QED) is 0.707. The van der Waals surface area contributed by atoms with Crippen LogP contribution in [0.25, 0.3) is 0 Å². The number of aryl methyl sites for hydroxylation is 2. The minimum Gasteiger partial charge on any atom is -0.383 e. The SMILES string of the molecule is Cc1ccc(Br)c(C(=O)NC2CC(NC(=O)c3c(C)o[nH]c3=O)C2)n1. The average molecular weight is 409 g/mol. The Hall–Kier alpha value is -2.42. The third-order valence-electron chi connectivity index (χ3n) is 4.11. The molecule has 0 unspecified atom stereocenters. The van der Waals surface area contributed by atoms with Crippen LogP contribution in [0.2, 0.25) is 0 Å². The molecule has 2 aromatic rings. The van der Waals surface area contributed by atoms with Crippen molar-refractivity contribution in [2.45, 2.75) is 38.8 Å². The minimum atomic E-state index is -0.547. The number of nitrogens with zero attached hydrogens (tertiary/aromatic N) is 1. The van der Waals surface area contributed by atoms with Crippen molar-refractivity contribution in [1.29, 1.82) is 0 Å². The van der Waals surface area contributed by atoms with Gasteiger partial charge in [0.1, 0.15) is 17.0 Å². The molecule has 0 spiro atoms. The third kappa shape index (κ3) is 3.65. The van der Waals surface area contributed by atoms with Gasteiger partial charge in [-0.3, -0.25) is 14.4 Å². The normalized spacial score (nSPS) is 19.2. The lowest BCUT2D eigenvalue weighted by Crippen LogP contribution is -2.54. The fourth-order valence-electron chi connectivity index (χ4n) is 2.71. The van der Waals surface area contributed by atoms with Crippen molar-refractivity contribution >= 4 is 27.7 Å². The summed E-state index contributed by atoms with van der Waals surface area (Å²) in [4.78, 5) is 40.1. The summed E-state index contributed by atoms with van der Waals surface area (Å²) in [5.74, 6) is -0.472. The number of pyridine rings is 1. The number of carbonyl (C=O) groups excluding carboxylic acids is 2. The van der Waals surface area contributed by atoms with E-state index in [9.17, 15) is 14.4 Å². The molecule has 2 aromatic heterocycles. The maximum Gasteiger partial charge on any atom is 0.293 e. The van der Waals surface area contributed by atoms with Crippen LogP contribution in [0.5, 0.6) is 0 Å². The van der Waals surface area contributed by atoms with E-state index in [-0.39, 0.29) is 29.3 Å². The van der Waals surface area contributed by atoms with E-state index in [0.717, 1.165) is 5.69 Å². The number of rotatable bonds is 4. The van der Waals surface area contributed by atoms with E-state index >= 15 is 0 Å². The second-order valence-electron chi connectivity index (χ2n) is 6.06. The Morgan fingerprint density at radius 3 is 2.44 bits per heavy atom. The van der Waals surface area contributed by atoms with Crippen molar-refractivity contribution in [1.82, 2.24) is 20.8 Å². The molecule has 9 heteroatoms. The third-order valence-corrected chi connectivity index (χ3v) is 4.75. The van der Waals surface area contributed by atoms with E-state index in [4.69, 9.17) is 4.52 Å². The first-order valence-electron chi connectivity index (χ1n) is 7.78. The Kier molecular flexibility index (Phi) is 4.76. The van der Waals surface area contributed by atoms with Crippen LogP contribution in [-0.4, -0.2) is 34.0 Å². The van der Waals surface area contributed by atoms with E-state index in [2.05, 4.69) is 36.7 Å². The zero-order chi connectivity index (χ0) is 18.1. The topological polar surface area (TPSA) is 117 Å². The van der Waals surface area contributed by atoms with Gasteiger partial charge in [-0.15, -0.1) is 0 Å². The fraction of sp³-hybridized carbons (Fsp3) is 0.375. The lowest BCUT2D eigenvalue weighted by atomic mass is 9.86. The molecule has 132 valence electrons. The number of amides is 2. The molecule has 1 fully saturated rings. The lowest BCUT2D eigenvalue weighted by molar-refractivity contribution is 0.0858. The van der Waals surface area contributed by atoms with E-state index in [0.29, 0.717) is 23.0 Å². The summed E-state index contributed by atoms with van der Waals surface area (Å²) in [7, 11) is 0. The number of halogens is 1. The van der Waals surface area contributed by atoms with Crippen molar-refractivity contribution in [2.75, 3.05) is 0 Å². The van der Waals surface area contributed by atoms with Gasteiger partial charge in [0.05, 0.1) is 0 Å². The second kappa shape index (κ2) is 6.83. The maximum atomic E-state index is 12.3. The zero-order valence-corrected chi connectivity index (χ0v) is 15.3. The molecule has 3 N–H and O–H groups in total. The van der Waals surface area contributed by atoms with Gasteiger partial charge >= 0.3 is 0 Å². The Labute approximate surface area is 151 Å². The smallest absolute Gasteiger partial charge is 0.293 e. The Bertz CT molecular complexity index is 883. The average Bonchev–Trinajstić information content (AvgIpc) is 2.86. The molecule has 0 atom stereocenters. The zero-order valence-electron chi connectivity index (χ0n) is 13.7. The number of nitrogens with one attached hydrogen (secondary N) is 3. The second-order valence-corrected chi connectivity index (χ2v) is 6.91. The van der Waals surface area contributed by atoms with Crippen molar-refractivity contribution in [2.24, 2.45) is 0 Å². The summed E-state index contributed by atoms with van der Waals surface area (Å²) in [6.45, 7) is 3.36. The van der Waals surface area contributed by atoms with Gasteiger partial charge in [-0.05, 0) is 54.8 Å². The predicted molar refractivity (Wildman–Crippen MR) is 92.5 cm³/mol. The molecule has 1 aliphatic rings. The van der Waals surface area contributed by atoms with Crippen molar-refractivity contribution in [3.63, 3.8) is 0 Å². The molecule has 0 aromatic carbocycles. The molecule has 0 saturated heterocycles. The fourth-order valence-corrected chi connectivity index (χ4v) is 3.11. The van der Waals surface area contributed by atoms with Gasteiger partial charge in [-0.1, -0.05) is 0 Å². The van der Waals surface area contributed by atoms with E-state index in [1.165, 1.54) is 0 Å². The van der Waals surface area contributed by atoms with Gasteiger partial charge in [0.2, 0.25) is 0 Å². The number of hydrogen-bond donors (Lipinski definition) is 3. The van der Waals surface area contributed by atoms with Crippen LogP contribution >= 0.6 is 15.9 Å². The molecule has 0 radical (unpaired) electrons. The molecule has 2 amide bonds. The highest BCUT2D eigenvalue weighted by molar-refractivity contribution is 9.10. The van der Waals surface area contributed by atoms with Crippen LogP contribution in [0.3, 0.4) is 0 Å². The van der Waals surface area contributed by atoms with Gasteiger partial charge in [0.25, 0.3) is 17.4 Å². The largest absolute Gasteiger partial charge is 0.383 e. The van der Waals surface area contributed by atoms with Crippen LogP contribution in [0.1, 0.15) is 45.1 Å². The summed E-state index contributed by atoms with van der Waals surface area (Å²) in [6, 6.07) is 3.46. The molecular weight excluding hydrogens is 392 g/mol. The molecule has 0 aliphatic heterocycles. The van der Waals surface area contributed by atoms with Gasteiger partial charge < -0.3 is 15.2 Å². The van der Waals surface area contributed by atoms with Crippen LogP contribution in [0.15, 0.2) is 25.9 Å². The maximum absolute atomic E-state index is 12.3. The number of aromatic amines is 1. The van der Waals surface area contributed by atoms with Crippen molar-refractivity contribution in [3.05, 3.63) is 49.7 Å². The van der Waals surface area contributed by atoms with Gasteiger partial charge in [-0.25, -0.2) is 4.98 Å². The van der Waals surface area contributed by atoms with Gasteiger partial charge in [0.15, 0.2) is 0 Å². The van der Waals surface area contributed by atoms with Crippen molar-refractivity contribution in [3.8, 4) is 0 Å². The molecule has 1 saturated carbocycles. The molecule has 8 nitrogen and oxygen atoms in total. The van der Waals surface area contributed by atoms with Gasteiger partial charge in [0, 0.05) is 22.3 Å². The number of hydrogen-bond acceptors (Lipinski definition) is 5. The summed E-state index contributed by atoms with van der Waals surface area (Å²) < 4.78 is 5.46.